The molecule has 2 nitrogen and oxygen atoms in total. The summed E-state index contributed by atoms with van der Waals surface area (Å²) >= 11 is 6.46. The average Bonchev–Trinajstić information content (AvgIpc) is 2.70. The van der Waals surface area contributed by atoms with Gasteiger partial charge in [-0.3, -0.25) is 4.79 Å². The zero-order chi connectivity index (χ0) is 19.4. The third kappa shape index (κ3) is 4.70. The van der Waals surface area contributed by atoms with Crippen molar-refractivity contribution in [3.8, 4) is 5.75 Å². The Balaban J connectivity index is 1.58. The molecule has 0 bridgehead atoms. The number of Topliss-reactive ketones (excluding diaryl/α,β-unsaturated/α-hetero) is 1. The van der Waals surface area contributed by atoms with Crippen LogP contribution in [0.4, 0.5) is 0 Å². The summed E-state index contributed by atoms with van der Waals surface area (Å²) in [5.41, 5.74) is 1.40. The van der Waals surface area contributed by atoms with E-state index in [1.807, 2.05) is 6.07 Å². The maximum absolute atomic E-state index is 11.9. The van der Waals surface area contributed by atoms with Crippen LogP contribution in [0, 0.1) is 17.8 Å². The van der Waals surface area contributed by atoms with Crippen molar-refractivity contribution >= 4 is 17.4 Å². The standard InChI is InChI=1S/C24H35ClO2/c1-3-5-16-6-8-17(9-7-16)18-10-12-19(13-11-18)20-14-15-21(22(26)4-2)24(27)23(20)25/h14-19,27H,3-13H2,1-2H3. The minimum absolute atomic E-state index is 0.0163. The van der Waals surface area contributed by atoms with Crippen LogP contribution in [0.15, 0.2) is 12.1 Å². The smallest absolute Gasteiger partial charge is 0.166 e. The summed E-state index contributed by atoms with van der Waals surface area (Å²) in [6.07, 6.45) is 13.7. The molecule has 1 N–H and O–H groups in total. The number of aromatic hydroxyl groups is 1. The van der Waals surface area contributed by atoms with Gasteiger partial charge in [0, 0.05) is 6.42 Å². The molecule has 0 radical (unpaired) electrons. The first-order valence-electron chi connectivity index (χ1n) is 11.1. The lowest BCUT2D eigenvalue weighted by molar-refractivity contribution is 0.0985. The molecule has 0 aromatic heterocycles. The molecule has 0 unspecified atom stereocenters. The second-order valence-electron chi connectivity index (χ2n) is 8.82. The van der Waals surface area contributed by atoms with Gasteiger partial charge in [-0.2, -0.15) is 0 Å². The quantitative estimate of drug-likeness (QED) is 0.510. The van der Waals surface area contributed by atoms with Crippen LogP contribution in [0.1, 0.15) is 106 Å². The summed E-state index contributed by atoms with van der Waals surface area (Å²) < 4.78 is 0. The highest BCUT2D eigenvalue weighted by atomic mass is 35.5. The predicted molar refractivity (Wildman–Crippen MR) is 113 cm³/mol. The first-order chi connectivity index (χ1) is 13.0. The van der Waals surface area contributed by atoms with E-state index < -0.39 is 0 Å². The Bertz CT molecular complexity index is 638. The number of phenols is 1. The number of hydrogen-bond donors (Lipinski definition) is 1. The van der Waals surface area contributed by atoms with E-state index in [9.17, 15) is 9.90 Å². The first-order valence-corrected chi connectivity index (χ1v) is 11.5. The number of hydrogen-bond acceptors (Lipinski definition) is 2. The predicted octanol–water partition coefficient (Wildman–Crippen LogP) is 7.52. The molecule has 2 aliphatic rings. The second kappa shape index (κ2) is 9.45. The summed E-state index contributed by atoms with van der Waals surface area (Å²) in [7, 11) is 0. The molecule has 150 valence electrons. The van der Waals surface area contributed by atoms with E-state index in [1.165, 1.54) is 51.4 Å². The van der Waals surface area contributed by atoms with Gasteiger partial charge in [0.15, 0.2) is 5.78 Å². The van der Waals surface area contributed by atoms with E-state index in [-0.39, 0.29) is 11.5 Å². The summed E-state index contributed by atoms with van der Waals surface area (Å²) in [6.45, 7) is 4.11. The molecule has 2 saturated carbocycles. The van der Waals surface area contributed by atoms with Crippen molar-refractivity contribution in [3.05, 3.63) is 28.3 Å². The normalized spacial score (nSPS) is 28.9. The molecule has 2 fully saturated rings. The maximum Gasteiger partial charge on any atom is 0.166 e. The van der Waals surface area contributed by atoms with Crippen molar-refractivity contribution in [3.63, 3.8) is 0 Å². The Labute approximate surface area is 169 Å². The molecule has 27 heavy (non-hydrogen) atoms. The van der Waals surface area contributed by atoms with Crippen LogP contribution in [-0.2, 0) is 0 Å². The minimum Gasteiger partial charge on any atom is -0.506 e. The number of benzene rings is 1. The largest absolute Gasteiger partial charge is 0.506 e. The van der Waals surface area contributed by atoms with E-state index in [1.54, 1.807) is 13.0 Å². The van der Waals surface area contributed by atoms with Gasteiger partial charge in [-0.1, -0.05) is 57.2 Å². The van der Waals surface area contributed by atoms with Gasteiger partial charge in [0.25, 0.3) is 0 Å². The molecular weight excluding hydrogens is 356 g/mol. The van der Waals surface area contributed by atoms with Gasteiger partial charge in [-0.15, -0.1) is 0 Å². The molecule has 0 aliphatic heterocycles. The average molecular weight is 391 g/mol. The lowest BCUT2D eigenvalue weighted by Gasteiger charge is -2.38. The van der Waals surface area contributed by atoms with Crippen LogP contribution in [-0.4, -0.2) is 10.9 Å². The fraction of sp³-hybridized carbons (Fsp3) is 0.708. The molecular formula is C24H35ClO2. The minimum atomic E-state index is -0.0525. The van der Waals surface area contributed by atoms with Crippen LogP contribution in [0.5, 0.6) is 5.75 Å². The Morgan fingerprint density at radius 3 is 2.15 bits per heavy atom. The van der Waals surface area contributed by atoms with E-state index in [0.29, 0.717) is 22.9 Å². The molecule has 0 atom stereocenters. The maximum atomic E-state index is 11.9. The zero-order valence-corrected chi connectivity index (χ0v) is 17.7. The van der Waals surface area contributed by atoms with Gasteiger partial charge in [0.05, 0.1) is 10.6 Å². The highest BCUT2D eigenvalue weighted by Gasteiger charge is 2.32. The number of halogens is 1. The number of carbonyl (C=O) groups excluding carboxylic acids is 1. The van der Waals surface area contributed by atoms with Crippen LogP contribution in [0.3, 0.4) is 0 Å². The highest BCUT2D eigenvalue weighted by Crippen LogP contribution is 2.47. The molecule has 2 aliphatic carbocycles. The monoisotopic (exact) mass is 390 g/mol. The molecule has 1 aromatic carbocycles. The van der Waals surface area contributed by atoms with Crippen molar-refractivity contribution in [1.82, 2.24) is 0 Å². The van der Waals surface area contributed by atoms with E-state index in [4.69, 9.17) is 11.6 Å². The summed E-state index contributed by atoms with van der Waals surface area (Å²) in [6, 6.07) is 3.75. The molecule has 0 heterocycles. The van der Waals surface area contributed by atoms with E-state index in [0.717, 1.165) is 36.2 Å². The fourth-order valence-electron chi connectivity index (χ4n) is 5.57. The van der Waals surface area contributed by atoms with E-state index in [2.05, 4.69) is 6.92 Å². The molecule has 3 rings (SSSR count). The van der Waals surface area contributed by atoms with Gasteiger partial charge in [0.1, 0.15) is 5.75 Å². The third-order valence-electron chi connectivity index (χ3n) is 7.23. The zero-order valence-electron chi connectivity index (χ0n) is 17.0. The summed E-state index contributed by atoms with van der Waals surface area (Å²) in [5, 5.41) is 10.8. The van der Waals surface area contributed by atoms with Crippen LogP contribution < -0.4 is 0 Å². The first kappa shape index (κ1) is 20.7. The second-order valence-corrected chi connectivity index (χ2v) is 9.20. The van der Waals surface area contributed by atoms with E-state index >= 15 is 0 Å². The Morgan fingerprint density at radius 2 is 1.59 bits per heavy atom. The lowest BCUT2D eigenvalue weighted by atomic mass is 9.68. The molecule has 0 spiro atoms. The molecule has 0 saturated heterocycles. The lowest BCUT2D eigenvalue weighted by Crippen LogP contribution is -2.25. The van der Waals surface area contributed by atoms with Crippen molar-refractivity contribution in [2.24, 2.45) is 17.8 Å². The topological polar surface area (TPSA) is 37.3 Å². The molecule has 1 aromatic rings. The van der Waals surface area contributed by atoms with Gasteiger partial charge in [-0.25, -0.2) is 0 Å². The Morgan fingerprint density at radius 1 is 1.00 bits per heavy atom. The highest BCUT2D eigenvalue weighted by molar-refractivity contribution is 6.33. The number of carbonyl (C=O) groups is 1. The van der Waals surface area contributed by atoms with Crippen LogP contribution in [0.2, 0.25) is 5.02 Å². The van der Waals surface area contributed by atoms with Gasteiger partial charge in [-0.05, 0) is 73.8 Å². The van der Waals surface area contributed by atoms with Gasteiger partial charge < -0.3 is 5.11 Å². The number of ketones is 1. The van der Waals surface area contributed by atoms with Crippen molar-refractivity contribution < 1.29 is 9.90 Å². The molecule has 3 heteroatoms. The number of phenolic OH excluding ortho intramolecular Hbond substituents is 1. The van der Waals surface area contributed by atoms with Gasteiger partial charge >= 0.3 is 0 Å². The summed E-state index contributed by atoms with van der Waals surface area (Å²) in [5.74, 6) is 3.13. The van der Waals surface area contributed by atoms with Crippen molar-refractivity contribution in [1.29, 1.82) is 0 Å². The van der Waals surface area contributed by atoms with Crippen molar-refractivity contribution in [2.75, 3.05) is 0 Å². The van der Waals surface area contributed by atoms with Crippen LogP contribution in [0.25, 0.3) is 0 Å². The third-order valence-corrected chi connectivity index (χ3v) is 7.63. The fourth-order valence-corrected chi connectivity index (χ4v) is 5.89. The van der Waals surface area contributed by atoms with Gasteiger partial charge in [0.2, 0.25) is 0 Å². The SMILES string of the molecule is CCCC1CCC(C2CCC(c3ccc(C(=O)CC)c(O)c3Cl)CC2)CC1. The summed E-state index contributed by atoms with van der Waals surface area (Å²) in [4.78, 5) is 11.9. The Hall–Kier alpha value is -1.02. The van der Waals surface area contributed by atoms with Crippen LogP contribution >= 0.6 is 11.6 Å². The van der Waals surface area contributed by atoms with Crippen molar-refractivity contribution in [2.45, 2.75) is 90.4 Å². The molecule has 0 amide bonds. The number of rotatable bonds is 6. The Kier molecular flexibility index (Phi) is 7.25.